The predicted molar refractivity (Wildman–Crippen MR) is 71.3 cm³/mol. The fraction of sp³-hybridized carbons (Fsp3) is 0.357. The van der Waals surface area contributed by atoms with Crippen molar-refractivity contribution in [1.29, 1.82) is 0 Å². The number of nitrogens with two attached hydrogens (primary N) is 1. The number of anilines is 2. The molecule has 5 nitrogen and oxygen atoms in total. The summed E-state index contributed by atoms with van der Waals surface area (Å²) in [4.78, 5) is 15.7. The molecule has 0 amide bonds. The number of hydrogen-bond acceptors (Lipinski definition) is 5. The maximum atomic E-state index is 5.68. The largest absolute Gasteiger partial charge is 0.384 e. The van der Waals surface area contributed by atoms with Crippen molar-refractivity contribution in [3.63, 3.8) is 0 Å². The van der Waals surface area contributed by atoms with Crippen molar-refractivity contribution in [3.05, 3.63) is 30.6 Å². The Hall–Kier alpha value is -2.17. The van der Waals surface area contributed by atoms with Gasteiger partial charge in [-0.25, -0.2) is 15.0 Å². The van der Waals surface area contributed by atoms with Crippen LogP contribution in [0.5, 0.6) is 0 Å². The molecular formula is C14H13N5. The molecule has 2 aromatic heterocycles. The highest BCUT2D eigenvalue weighted by Crippen LogP contribution is 2.75. The Morgan fingerprint density at radius 3 is 2.63 bits per heavy atom. The molecule has 4 heterocycles. The van der Waals surface area contributed by atoms with E-state index in [0.29, 0.717) is 5.82 Å². The van der Waals surface area contributed by atoms with Gasteiger partial charge in [0.1, 0.15) is 17.3 Å². The molecule has 0 spiro atoms. The van der Waals surface area contributed by atoms with Crippen LogP contribution in [-0.2, 0) is 0 Å². The smallest absolute Gasteiger partial charge is 0.147 e. The zero-order valence-electron chi connectivity index (χ0n) is 10.3. The molecule has 19 heavy (non-hydrogen) atoms. The topological polar surface area (TPSA) is 67.9 Å². The summed E-state index contributed by atoms with van der Waals surface area (Å²) >= 11 is 0. The summed E-state index contributed by atoms with van der Waals surface area (Å²) in [7, 11) is 0. The molecule has 5 heteroatoms. The average Bonchev–Trinajstić information content (AvgIpc) is 3.25. The number of nitrogens with zero attached hydrogens (tertiary/aromatic N) is 4. The monoisotopic (exact) mass is 251 g/mol. The van der Waals surface area contributed by atoms with Crippen molar-refractivity contribution < 1.29 is 0 Å². The van der Waals surface area contributed by atoms with Crippen molar-refractivity contribution in [2.75, 3.05) is 17.2 Å². The highest BCUT2D eigenvalue weighted by molar-refractivity contribution is 5.58. The number of rotatable bonds is 2. The van der Waals surface area contributed by atoms with Gasteiger partial charge >= 0.3 is 0 Å². The number of piperidine rings is 1. The molecule has 6 rings (SSSR count). The lowest BCUT2D eigenvalue weighted by atomic mass is 10.2. The molecule has 2 aliphatic carbocycles. The van der Waals surface area contributed by atoms with Crippen molar-refractivity contribution in [2.24, 2.45) is 17.8 Å². The van der Waals surface area contributed by atoms with E-state index in [1.54, 1.807) is 12.3 Å². The summed E-state index contributed by atoms with van der Waals surface area (Å²) in [6.07, 6.45) is 3.66. The fourth-order valence-corrected chi connectivity index (χ4v) is 3.58. The summed E-state index contributed by atoms with van der Waals surface area (Å²) in [5.41, 5.74) is 7.23. The molecule has 2 aromatic rings. The van der Waals surface area contributed by atoms with Crippen LogP contribution in [0, 0.1) is 17.8 Å². The van der Waals surface area contributed by atoms with Crippen LogP contribution in [0.25, 0.3) is 11.4 Å². The lowest BCUT2D eigenvalue weighted by Crippen LogP contribution is -2.21. The van der Waals surface area contributed by atoms with Gasteiger partial charge in [-0.3, -0.25) is 0 Å². The van der Waals surface area contributed by atoms with E-state index >= 15 is 0 Å². The van der Waals surface area contributed by atoms with Gasteiger partial charge in [-0.1, -0.05) is 6.07 Å². The second kappa shape index (κ2) is 3.04. The first-order chi connectivity index (χ1) is 9.33. The standard InChI is InChI=1S/C14H13N5/c15-10-3-1-2-8(18-10)9-4-17-11(5-16-9)19-6-7-12-13(7)14(12)19/h1-5,7,12-14H,6H2,(H2,15,18). The molecule has 94 valence electrons. The molecule has 0 aromatic carbocycles. The van der Waals surface area contributed by atoms with Crippen LogP contribution in [-0.4, -0.2) is 27.5 Å². The van der Waals surface area contributed by atoms with Crippen LogP contribution in [0.15, 0.2) is 30.6 Å². The Kier molecular flexibility index (Phi) is 1.56. The minimum atomic E-state index is 0.507. The molecule has 4 aliphatic rings. The molecule has 2 N–H and O–H groups in total. The Labute approximate surface area is 110 Å². The summed E-state index contributed by atoms with van der Waals surface area (Å²) in [5.74, 6) is 4.44. The molecule has 2 aliphatic heterocycles. The summed E-state index contributed by atoms with van der Waals surface area (Å²) in [6, 6.07) is 6.32. The fourth-order valence-electron chi connectivity index (χ4n) is 3.58. The first kappa shape index (κ1) is 9.72. The third kappa shape index (κ3) is 1.22. The number of nitrogen functional groups attached to an aromatic ring is 1. The van der Waals surface area contributed by atoms with Crippen LogP contribution in [0.3, 0.4) is 0 Å². The van der Waals surface area contributed by atoms with E-state index < -0.39 is 0 Å². The van der Waals surface area contributed by atoms with Crippen molar-refractivity contribution in [2.45, 2.75) is 6.04 Å². The van der Waals surface area contributed by atoms with E-state index in [4.69, 9.17) is 5.73 Å². The molecule has 4 fully saturated rings. The van der Waals surface area contributed by atoms with Gasteiger partial charge < -0.3 is 10.6 Å². The van der Waals surface area contributed by atoms with Gasteiger partial charge in [0.05, 0.1) is 18.1 Å². The second-order valence-electron chi connectivity index (χ2n) is 5.67. The zero-order chi connectivity index (χ0) is 12.6. The van der Waals surface area contributed by atoms with Crippen LogP contribution in [0.1, 0.15) is 0 Å². The number of aromatic nitrogens is 3. The van der Waals surface area contributed by atoms with E-state index in [-0.39, 0.29) is 0 Å². The van der Waals surface area contributed by atoms with Gasteiger partial charge in [-0.2, -0.15) is 0 Å². The maximum Gasteiger partial charge on any atom is 0.147 e. The minimum Gasteiger partial charge on any atom is -0.384 e. The molecule has 2 atom stereocenters. The van der Waals surface area contributed by atoms with Crippen LogP contribution >= 0.6 is 0 Å². The molecule has 2 saturated heterocycles. The van der Waals surface area contributed by atoms with Gasteiger partial charge in [-0.05, 0) is 29.9 Å². The summed E-state index contributed by atoms with van der Waals surface area (Å²) in [5, 5.41) is 0. The molecule has 2 bridgehead atoms. The first-order valence-electron chi connectivity index (χ1n) is 6.64. The highest BCUT2D eigenvalue weighted by atomic mass is 15.3. The average molecular weight is 251 g/mol. The van der Waals surface area contributed by atoms with Crippen molar-refractivity contribution >= 4 is 11.6 Å². The number of hydrogen-bond donors (Lipinski definition) is 1. The third-order valence-corrected chi connectivity index (χ3v) is 4.67. The van der Waals surface area contributed by atoms with E-state index in [1.807, 2.05) is 18.3 Å². The quantitative estimate of drug-likeness (QED) is 0.868. The van der Waals surface area contributed by atoms with Crippen LogP contribution in [0.4, 0.5) is 11.6 Å². The summed E-state index contributed by atoms with van der Waals surface area (Å²) < 4.78 is 0. The molecule has 0 radical (unpaired) electrons. The highest BCUT2D eigenvalue weighted by Gasteiger charge is 2.80. The predicted octanol–water partition coefficient (Wildman–Crippen LogP) is 1.19. The minimum absolute atomic E-state index is 0.507. The number of fused-ring (bicyclic) bond motifs is 1. The van der Waals surface area contributed by atoms with Crippen LogP contribution in [0.2, 0.25) is 0 Å². The van der Waals surface area contributed by atoms with Gasteiger partial charge in [-0.15, -0.1) is 0 Å². The van der Waals surface area contributed by atoms with E-state index in [9.17, 15) is 0 Å². The Morgan fingerprint density at radius 1 is 1.11 bits per heavy atom. The lowest BCUT2D eigenvalue weighted by Gasteiger charge is -2.16. The van der Waals surface area contributed by atoms with Crippen molar-refractivity contribution in [1.82, 2.24) is 15.0 Å². The molecule has 2 unspecified atom stereocenters. The van der Waals surface area contributed by atoms with Gasteiger partial charge in [0.25, 0.3) is 0 Å². The third-order valence-electron chi connectivity index (χ3n) is 4.67. The van der Waals surface area contributed by atoms with Gasteiger partial charge in [0.2, 0.25) is 0 Å². The number of pyridine rings is 1. The SMILES string of the molecule is Nc1cccc(-c2cnc(N3CC4C5C4C53)cn2)n1. The van der Waals surface area contributed by atoms with Gasteiger partial charge in [0.15, 0.2) is 0 Å². The molecule has 2 saturated carbocycles. The molecular weight excluding hydrogens is 238 g/mol. The summed E-state index contributed by atoms with van der Waals surface area (Å²) in [6.45, 7) is 1.17. The Bertz CT molecular complexity index is 651. The van der Waals surface area contributed by atoms with E-state index in [0.717, 1.165) is 41.0 Å². The van der Waals surface area contributed by atoms with Gasteiger partial charge in [0, 0.05) is 12.6 Å². The van der Waals surface area contributed by atoms with Crippen LogP contribution < -0.4 is 10.6 Å². The Balaban J connectivity index is 1.46. The first-order valence-corrected chi connectivity index (χ1v) is 6.64. The van der Waals surface area contributed by atoms with E-state index in [1.165, 1.54) is 6.54 Å². The van der Waals surface area contributed by atoms with E-state index in [2.05, 4.69) is 19.9 Å². The zero-order valence-corrected chi connectivity index (χ0v) is 10.3. The second-order valence-corrected chi connectivity index (χ2v) is 5.67. The lowest BCUT2D eigenvalue weighted by molar-refractivity contribution is 0.735. The maximum absolute atomic E-state index is 5.68. The van der Waals surface area contributed by atoms with Crippen molar-refractivity contribution in [3.8, 4) is 11.4 Å². The Morgan fingerprint density at radius 2 is 2.00 bits per heavy atom. The normalized spacial score (nSPS) is 33.2.